The third-order valence-corrected chi connectivity index (χ3v) is 4.51. The van der Waals surface area contributed by atoms with Gasteiger partial charge >= 0.3 is 0 Å². The molecule has 1 aromatic carbocycles. The molecule has 3 rings (SSSR count). The highest BCUT2D eigenvalue weighted by atomic mass is 127. The maximum atomic E-state index is 5.44. The molecule has 0 aliphatic heterocycles. The van der Waals surface area contributed by atoms with E-state index in [0.717, 1.165) is 34.3 Å². The molecule has 30 heavy (non-hydrogen) atoms. The standard InChI is InChI=1S/C21H26N6O2.HI/c1-15-23-9-10-27(15)20-8-5-16(12-24-20)13-25-21(22-2)26-14-17-6-7-18(28-3)11-19(17)29-4;/h5-12H,13-14H2,1-4H3,(H2,22,25,26);1H. The van der Waals surface area contributed by atoms with E-state index in [2.05, 4.69) is 25.6 Å². The Bertz CT molecular complexity index is 972. The summed E-state index contributed by atoms with van der Waals surface area (Å²) in [6.07, 6.45) is 5.51. The van der Waals surface area contributed by atoms with Crippen molar-refractivity contribution in [3.63, 3.8) is 0 Å². The number of pyridine rings is 1. The van der Waals surface area contributed by atoms with Crippen LogP contribution in [0.3, 0.4) is 0 Å². The Balaban J connectivity index is 0.00000320. The first kappa shape index (κ1) is 23.5. The van der Waals surface area contributed by atoms with E-state index in [4.69, 9.17) is 9.47 Å². The van der Waals surface area contributed by atoms with E-state index in [9.17, 15) is 0 Å². The molecule has 0 saturated heterocycles. The summed E-state index contributed by atoms with van der Waals surface area (Å²) in [6, 6.07) is 9.75. The second kappa shape index (κ2) is 11.4. The fourth-order valence-electron chi connectivity index (χ4n) is 2.87. The van der Waals surface area contributed by atoms with Gasteiger partial charge in [-0.3, -0.25) is 9.56 Å². The third kappa shape index (κ3) is 5.85. The molecule has 0 fully saturated rings. The van der Waals surface area contributed by atoms with E-state index in [1.807, 2.05) is 54.2 Å². The van der Waals surface area contributed by atoms with Crippen molar-refractivity contribution in [1.29, 1.82) is 0 Å². The van der Waals surface area contributed by atoms with Crippen LogP contribution in [0.5, 0.6) is 11.5 Å². The van der Waals surface area contributed by atoms with Gasteiger partial charge in [-0.15, -0.1) is 24.0 Å². The molecule has 9 heteroatoms. The zero-order chi connectivity index (χ0) is 20.6. The molecule has 160 valence electrons. The van der Waals surface area contributed by atoms with Crippen LogP contribution in [0.2, 0.25) is 0 Å². The SMILES string of the molecule is CN=C(NCc1ccc(-n2ccnc2C)nc1)NCc1ccc(OC)cc1OC.I. The molecular weight excluding hydrogens is 495 g/mol. The summed E-state index contributed by atoms with van der Waals surface area (Å²) >= 11 is 0. The van der Waals surface area contributed by atoms with Gasteiger partial charge in [-0.1, -0.05) is 6.07 Å². The predicted molar refractivity (Wildman–Crippen MR) is 128 cm³/mol. The molecule has 2 heterocycles. The van der Waals surface area contributed by atoms with Crippen LogP contribution in [0.15, 0.2) is 53.9 Å². The van der Waals surface area contributed by atoms with E-state index in [1.54, 1.807) is 27.5 Å². The van der Waals surface area contributed by atoms with E-state index >= 15 is 0 Å². The highest BCUT2D eigenvalue weighted by molar-refractivity contribution is 14.0. The minimum Gasteiger partial charge on any atom is -0.497 e. The molecule has 0 spiro atoms. The number of aromatic nitrogens is 3. The monoisotopic (exact) mass is 522 g/mol. The van der Waals surface area contributed by atoms with Crippen molar-refractivity contribution in [2.75, 3.05) is 21.3 Å². The average molecular weight is 522 g/mol. The summed E-state index contributed by atoms with van der Waals surface area (Å²) in [5, 5.41) is 6.59. The summed E-state index contributed by atoms with van der Waals surface area (Å²) < 4.78 is 12.6. The quantitative estimate of drug-likeness (QED) is 0.282. The highest BCUT2D eigenvalue weighted by Gasteiger charge is 2.07. The average Bonchev–Trinajstić information content (AvgIpc) is 3.20. The Labute approximate surface area is 193 Å². The molecular formula is C21H27IN6O2. The number of halogens is 1. The number of nitrogens with zero attached hydrogens (tertiary/aromatic N) is 4. The fraction of sp³-hybridized carbons (Fsp3) is 0.286. The molecule has 0 saturated carbocycles. The van der Waals surface area contributed by atoms with Gasteiger partial charge in [0, 0.05) is 50.4 Å². The Morgan fingerprint density at radius 1 is 1.07 bits per heavy atom. The van der Waals surface area contributed by atoms with Crippen LogP contribution in [-0.2, 0) is 13.1 Å². The van der Waals surface area contributed by atoms with Crippen molar-refractivity contribution in [3.05, 3.63) is 65.9 Å². The number of rotatable bonds is 7. The first-order chi connectivity index (χ1) is 14.1. The van der Waals surface area contributed by atoms with Crippen molar-refractivity contribution in [1.82, 2.24) is 25.2 Å². The smallest absolute Gasteiger partial charge is 0.191 e. The van der Waals surface area contributed by atoms with Crippen molar-refractivity contribution in [2.24, 2.45) is 4.99 Å². The number of aryl methyl sites for hydroxylation is 1. The van der Waals surface area contributed by atoms with E-state index in [-0.39, 0.29) is 24.0 Å². The molecule has 0 atom stereocenters. The Morgan fingerprint density at radius 3 is 2.47 bits per heavy atom. The minimum atomic E-state index is 0. The molecule has 0 radical (unpaired) electrons. The zero-order valence-corrected chi connectivity index (χ0v) is 19.9. The second-order valence-electron chi connectivity index (χ2n) is 6.33. The molecule has 2 N–H and O–H groups in total. The van der Waals surface area contributed by atoms with Crippen molar-refractivity contribution < 1.29 is 9.47 Å². The Kier molecular flexibility index (Phi) is 8.90. The van der Waals surface area contributed by atoms with Gasteiger partial charge in [0.15, 0.2) is 5.96 Å². The number of benzene rings is 1. The van der Waals surface area contributed by atoms with Gasteiger partial charge in [0.2, 0.25) is 0 Å². The lowest BCUT2D eigenvalue weighted by Crippen LogP contribution is -2.36. The largest absolute Gasteiger partial charge is 0.497 e. The van der Waals surface area contributed by atoms with Crippen LogP contribution < -0.4 is 20.1 Å². The van der Waals surface area contributed by atoms with Crippen LogP contribution in [0.1, 0.15) is 17.0 Å². The number of methoxy groups -OCH3 is 2. The van der Waals surface area contributed by atoms with E-state index in [0.29, 0.717) is 19.0 Å². The molecule has 8 nitrogen and oxygen atoms in total. The number of nitrogens with one attached hydrogen (secondary N) is 2. The van der Waals surface area contributed by atoms with Crippen LogP contribution in [-0.4, -0.2) is 41.8 Å². The van der Waals surface area contributed by atoms with Crippen molar-refractivity contribution >= 4 is 29.9 Å². The van der Waals surface area contributed by atoms with E-state index in [1.165, 1.54) is 0 Å². The number of aliphatic imine (C=N–C) groups is 1. The normalized spacial score (nSPS) is 10.9. The first-order valence-corrected chi connectivity index (χ1v) is 9.25. The third-order valence-electron chi connectivity index (χ3n) is 4.51. The van der Waals surface area contributed by atoms with Crippen molar-refractivity contribution in [2.45, 2.75) is 20.0 Å². The van der Waals surface area contributed by atoms with Crippen LogP contribution in [0.4, 0.5) is 0 Å². The first-order valence-electron chi connectivity index (χ1n) is 9.25. The van der Waals surface area contributed by atoms with Gasteiger partial charge in [0.25, 0.3) is 0 Å². The minimum absolute atomic E-state index is 0. The Morgan fingerprint density at radius 2 is 1.87 bits per heavy atom. The highest BCUT2D eigenvalue weighted by Crippen LogP contribution is 2.24. The number of guanidine groups is 1. The number of ether oxygens (including phenoxy) is 2. The van der Waals surface area contributed by atoms with Crippen LogP contribution in [0.25, 0.3) is 5.82 Å². The lowest BCUT2D eigenvalue weighted by atomic mass is 10.2. The van der Waals surface area contributed by atoms with E-state index < -0.39 is 0 Å². The van der Waals surface area contributed by atoms with Crippen LogP contribution >= 0.6 is 24.0 Å². The van der Waals surface area contributed by atoms with Crippen molar-refractivity contribution in [3.8, 4) is 17.3 Å². The number of imidazole rings is 1. The zero-order valence-electron chi connectivity index (χ0n) is 17.5. The Hall–Kier alpha value is -2.82. The van der Waals surface area contributed by atoms with Crippen LogP contribution in [0, 0.1) is 6.92 Å². The summed E-state index contributed by atoms with van der Waals surface area (Å²) in [7, 11) is 5.02. The fourth-order valence-corrected chi connectivity index (χ4v) is 2.87. The number of hydrogen-bond donors (Lipinski definition) is 2. The second-order valence-corrected chi connectivity index (χ2v) is 6.33. The maximum absolute atomic E-state index is 5.44. The molecule has 0 aliphatic rings. The molecule has 0 aliphatic carbocycles. The number of hydrogen-bond acceptors (Lipinski definition) is 5. The molecule has 3 aromatic rings. The predicted octanol–water partition coefficient (Wildman–Crippen LogP) is 3.08. The summed E-state index contributed by atoms with van der Waals surface area (Å²) in [5.41, 5.74) is 2.06. The topological polar surface area (TPSA) is 85.6 Å². The summed E-state index contributed by atoms with van der Waals surface area (Å²) in [6.45, 7) is 3.13. The molecule has 0 bridgehead atoms. The molecule has 0 unspecified atom stereocenters. The van der Waals surface area contributed by atoms with Gasteiger partial charge in [-0.25, -0.2) is 9.97 Å². The lowest BCUT2D eigenvalue weighted by molar-refractivity contribution is 0.390. The van der Waals surface area contributed by atoms with Gasteiger partial charge in [0.05, 0.1) is 14.2 Å². The van der Waals surface area contributed by atoms with Gasteiger partial charge in [-0.05, 0) is 30.7 Å². The van der Waals surface area contributed by atoms with Gasteiger partial charge in [0.1, 0.15) is 23.1 Å². The lowest BCUT2D eigenvalue weighted by Gasteiger charge is -2.14. The summed E-state index contributed by atoms with van der Waals surface area (Å²) in [4.78, 5) is 13.0. The maximum Gasteiger partial charge on any atom is 0.191 e. The van der Waals surface area contributed by atoms with Gasteiger partial charge in [-0.2, -0.15) is 0 Å². The van der Waals surface area contributed by atoms with Gasteiger partial charge < -0.3 is 20.1 Å². The molecule has 2 aromatic heterocycles. The molecule has 0 amide bonds. The summed E-state index contributed by atoms with van der Waals surface area (Å²) in [5.74, 6) is 3.97.